The summed E-state index contributed by atoms with van der Waals surface area (Å²) in [7, 11) is 3.96. The van der Waals surface area contributed by atoms with Crippen LogP contribution >= 0.6 is 24.0 Å². The van der Waals surface area contributed by atoms with Crippen LogP contribution in [0.3, 0.4) is 0 Å². The van der Waals surface area contributed by atoms with Gasteiger partial charge in [-0.2, -0.15) is 0 Å². The lowest BCUT2D eigenvalue weighted by Gasteiger charge is -2.27. The number of nitrogens with zero attached hydrogens (tertiary/aromatic N) is 3. The highest BCUT2D eigenvalue weighted by atomic mass is 32.2. The zero-order valence-corrected chi connectivity index (χ0v) is 21.4. The van der Waals surface area contributed by atoms with E-state index in [1.54, 1.807) is 23.1 Å². The molecule has 0 N–H and O–H groups in total. The first-order valence-electron chi connectivity index (χ1n) is 11.5. The van der Waals surface area contributed by atoms with E-state index >= 15 is 0 Å². The molecule has 0 radical (unpaired) electrons. The summed E-state index contributed by atoms with van der Waals surface area (Å²) in [5.41, 5.74) is 2.78. The summed E-state index contributed by atoms with van der Waals surface area (Å²) in [6.45, 7) is 1.46. The van der Waals surface area contributed by atoms with Gasteiger partial charge in [-0.3, -0.25) is 14.5 Å². The maximum absolute atomic E-state index is 13.4. The summed E-state index contributed by atoms with van der Waals surface area (Å²) < 4.78 is 19.3. The van der Waals surface area contributed by atoms with Gasteiger partial charge in [0.2, 0.25) is 5.91 Å². The van der Waals surface area contributed by atoms with Crippen LogP contribution in [-0.4, -0.2) is 65.8 Å². The third kappa shape index (κ3) is 6.48. The molecule has 1 atom stereocenters. The summed E-state index contributed by atoms with van der Waals surface area (Å²) in [5.74, 6) is -0.843. The molecule has 2 heterocycles. The van der Waals surface area contributed by atoms with Crippen molar-refractivity contribution in [3.05, 3.63) is 70.4 Å². The van der Waals surface area contributed by atoms with Crippen molar-refractivity contribution in [3.63, 3.8) is 0 Å². The van der Waals surface area contributed by atoms with Crippen LogP contribution in [-0.2, 0) is 20.9 Å². The van der Waals surface area contributed by atoms with Crippen molar-refractivity contribution < 1.29 is 18.7 Å². The fourth-order valence-electron chi connectivity index (χ4n) is 3.99. The van der Waals surface area contributed by atoms with Crippen LogP contribution in [0.25, 0.3) is 6.08 Å². The molecule has 2 aromatic rings. The van der Waals surface area contributed by atoms with Crippen molar-refractivity contribution in [3.8, 4) is 0 Å². The maximum atomic E-state index is 13.4. The number of thioether (sulfide) groups is 1. The van der Waals surface area contributed by atoms with E-state index in [1.807, 2.05) is 43.3 Å². The average molecular weight is 514 g/mol. The largest absolute Gasteiger partial charge is 0.378 e. The van der Waals surface area contributed by atoms with Gasteiger partial charge in [-0.15, -0.1) is 0 Å². The van der Waals surface area contributed by atoms with E-state index in [1.165, 1.54) is 17.0 Å². The number of halogens is 1. The minimum Gasteiger partial charge on any atom is -0.378 e. The zero-order valence-electron chi connectivity index (χ0n) is 19.8. The van der Waals surface area contributed by atoms with Crippen molar-refractivity contribution in [1.82, 2.24) is 9.80 Å². The van der Waals surface area contributed by atoms with Gasteiger partial charge >= 0.3 is 0 Å². The lowest BCUT2D eigenvalue weighted by Crippen LogP contribution is -2.44. The number of hydrogen-bond donors (Lipinski definition) is 0. The Bertz CT molecular complexity index is 1110. The van der Waals surface area contributed by atoms with Crippen LogP contribution in [0.2, 0.25) is 0 Å². The Kier molecular flexibility index (Phi) is 8.20. The van der Waals surface area contributed by atoms with Crippen LogP contribution in [0.15, 0.2) is 53.4 Å². The second-order valence-electron chi connectivity index (χ2n) is 8.79. The van der Waals surface area contributed by atoms with Gasteiger partial charge in [-0.25, -0.2) is 4.39 Å². The molecule has 0 spiro atoms. The van der Waals surface area contributed by atoms with Crippen LogP contribution in [0.4, 0.5) is 10.1 Å². The normalized spacial score (nSPS) is 19.0. The van der Waals surface area contributed by atoms with E-state index < -0.39 is 0 Å². The van der Waals surface area contributed by atoms with Gasteiger partial charge in [0, 0.05) is 39.5 Å². The van der Waals surface area contributed by atoms with Crippen LogP contribution in [0, 0.1) is 5.82 Å². The Morgan fingerprint density at radius 2 is 1.91 bits per heavy atom. The van der Waals surface area contributed by atoms with E-state index in [2.05, 4.69) is 0 Å². The molecule has 1 unspecified atom stereocenters. The monoisotopic (exact) mass is 513 g/mol. The predicted molar refractivity (Wildman–Crippen MR) is 141 cm³/mol. The molecule has 0 saturated carbocycles. The van der Waals surface area contributed by atoms with Crippen LogP contribution in [0.5, 0.6) is 0 Å². The van der Waals surface area contributed by atoms with E-state index in [4.69, 9.17) is 17.0 Å². The molecule has 184 valence electrons. The standard InChI is InChI=1S/C26H28FN3O3S2/c1-28(2)21-11-7-19(8-12-21)15-29(16-22-4-3-13-33-22)24(31)17-30-25(32)23(35-26(30)34)14-18-5-9-20(27)10-6-18/h5-12,14,22H,3-4,13,15-17H2,1-2H3/b23-14-. The van der Waals surface area contributed by atoms with Crippen molar-refractivity contribution in [2.45, 2.75) is 25.5 Å². The second-order valence-corrected chi connectivity index (χ2v) is 10.5. The molecule has 0 aliphatic carbocycles. The number of carbonyl (C=O) groups is 2. The number of thiocarbonyl (C=S) groups is 1. The SMILES string of the molecule is CN(C)c1ccc(CN(CC2CCCO2)C(=O)CN2C(=O)/C(=C/c3ccc(F)cc3)SC2=S)cc1. The van der Waals surface area contributed by atoms with Crippen LogP contribution in [0.1, 0.15) is 24.0 Å². The molecule has 6 nitrogen and oxygen atoms in total. The highest BCUT2D eigenvalue weighted by molar-refractivity contribution is 8.26. The number of rotatable bonds is 8. The lowest BCUT2D eigenvalue weighted by atomic mass is 10.1. The summed E-state index contributed by atoms with van der Waals surface area (Å²) in [6, 6.07) is 13.9. The summed E-state index contributed by atoms with van der Waals surface area (Å²) in [5, 5.41) is 0. The smallest absolute Gasteiger partial charge is 0.266 e. The average Bonchev–Trinajstić information content (AvgIpc) is 3.44. The molecular formula is C26H28FN3O3S2. The number of carbonyl (C=O) groups excluding carboxylic acids is 2. The van der Waals surface area contributed by atoms with E-state index in [9.17, 15) is 14.0 Å². The third-order valence-corrected chi connectivity index (χ3v) is 7.34. The van der Waals surface area contributed by atoms with Crippen molar-refractivity contribution in [2.24, 2.45) is 0 Å². The Hall–Kier alpha value is -2.75. The van der Waals surface area contributed by atoms with Crippen LogP contribution < -0.4 is 4.90 Å². The van der Waals surface area contributed by atoms with E-state index in [0.717, 1.165) is 35.9 Å². The number of ether oxygens (including phenoxy) is 1. The van der Waals surface area contributed by atoms with E-state index in [0.29, 0.717) is 34.5 Å². The van der Waals surface area contributed by atoms with Gasteiger partial charge in [0.05, 0.1) is 11.0 Å². The molecule has 0 aromatic heterocycles. The van der Waals surface area contributed by atoms with Gasteiger partial charge in [-0.1, -0.05) is 48.2 Å². The number of benzene rings is 2. The molecule has 2 fully saturated rings. The van der Waals surface area contributed by atoms with Gasteiger partial charge in [0.15, 0.2) is 0 Å². The number of anilines is 1. The molecule has 2 saturated heterocycles. The minimum atomic E-state index is -0.344. The predicted octanol–water partition coefficient (Wildman–Crippen LogP) is 4.30. The van der Waals surface area contributed by atoms with Crippen molar-refractivity contribution in [2.75, 3.05) is 38.7 Å². The van der Waals surface area contributed by atoms with Crippen molar-refractivity contribution in [1.29, 1.82) is 0 Å². The molecule has 2 amide bonds. The van der Waals surface area contributed by atoms with Crippen molar-refractivity contribution >= 4 is 51.9 Å². The first-order chi connectivity index (χ1) is 16.8. The summed E-state index contributed by atoms with van der Waals surface area (Å²) in [4.78, 5) is 32.0. The molecule has 2 aliphatic rings. The van der Waals surface area contributed by atoms with Gasteiger partial charge < -0.3 is 14.5 Å². The Labute approximate surface area is 214 Å². The fraction of sp³-hybridized carbons (Fsp3) is 0.346. The summed E-state index contributed by atoms with van der Waals surface area (Å²) >= 11 is 6.57. The first kappa shape index (κ1) is 25.3. The number of hydrogen-bond acceptors (Lipinski definition) is 6. The van der Waals surface area contributed by atoms with Gasteiger partial charge in [0.1, 0.15) is 16.7 Å². The molecule has 35 heavy (non-hydrogen) atoms. The van der Waals surface area contributed by atoms with Gasteiger partial charge in [-0.05, 0) is 54.3 Å². The molecule has 4 rings (SSSR count). The summed E-state index contributed by atoms with van der Waals surface area (Å²) in [6.07, 6.45) is 3.54. The Balaban J connectivity index is 1.47. The molecule has 0 bridgehead atoms. The first-order valence-corrected chi connectivity index (χ1v) is 12.7. The maximum Gasteiger partial charge on any atom is 0.266 e. The minimum absolute atomic E-state index is 0.00969. The van der Waals surface area contributed by atoms with Gasteiger partial charge in [0.25, 0.3) is 5.91 Å². The Morgan fingerprint density at radius 3 is 2.54 bits per heavy atom. The zero-order chi connectivity index (χ0) is 24.9. The fourth-order valence-corrected chi connectivity index (χ4v) is 5.25. The highest BCUT2D eigenvalue weighted by Crippen LogP contribution is 2.32. The van der Waals surface area contributed by atoms with E-state index in [-0.39, 0.29) is 30.3 Å². The topological polar surface area (TPSA) is 53.1 Å². The second kappa shape index (κ2) is 11.3. The molecular weight excluding hydrogens is 485 g/mol. The molecule has 2 aliphatic heterocycles. The molecule has 2 aromatic carbocycles. The lowest BCUT2D eigenvalue weighted by molar-refractivity contribution is -0.137. The quantitative estimate of drug-likeness (QED) is 0.388. The number of amides is 2. The third-order valence-electron chi connectivity index (χ3n) is 5.96. The Morgan fingerprint density at radius 1 is 1.20 bits per heavy atom. The molecule has 9 heteroatoms. The highest BCUT2D eigenvalue weighted by Gasteiger charge is 2.35.